The second-order valence-electron chi connectivity index (χ2n) is 10.6. The van der Waals surface area contributed by atoms with E-state index >= 15 is 0 Å². The number of aliphatic imine (C=N–C) groups is 1. The molecule has 3 aromatic rings. The van der Waals surface area contributed by atoms with Crippen LogP contribution in [-0.4, -0.2) is 56.0 Å². The highest BCUT2D eigenvalue weighted by atomic mass is 19.1. The van der Waals surface area contributed by atoms with Gasteiger partial charge in [-0.25, -0.2) is 14.0 Å². The molecule has 226 valence electrons. The van der Waals surface area contributed by atoms with Crippen LogP contribution in [0.2, 0.25) is 0 Å². The Bertz CT molecular complexity index is 1490. The summed E-state index contributed by atoms with van der Waals surface area (Å²) in [6.45, 7) is 6.03. The van der Waals surface area contributed by atoms with Gasteiger partial charge in [0.2, 0.25) is 5.91 Å². The van der Waals surface area contributed by atoms with Gasteiger partial charge in [0.1, 0.15) is 17.2 Å². The molecule has 0 aromatic heterocycles. The molecule has 3 aromatic carbocycles. The normalized spacial score (nSPS) is 11.4. The number of hydrogen-bond acceptors (Lipinski definition) is 7. The first kappa shape index (κ1) is 32.5. The van der Waals surface area contributed by atoms with Crippen LogP contribution in [0.5, 0.6) is 5.75 Å². The Labute approximate surface area is 251 Å². The number of ether oxygens (including phenoxy) is 3. The van der Waals surface area contributed by atoms with E-state index in [4.69, 9.17) is 14.2 Å². The van der Waals surface area contributed by atoms with Crippen molar-refractivity contribution in [3.8, 4) is 5.75 Å². The summed E-state index contributed by atoms with van der Waals surface area (Å²) in [6, 6.07) is 16.7. The van der Waals surface area contributed by atoms with Crippen molar-refractivity contribution in [1.82, 2.24) is 10.2 Å². The number of methoxy groups -OCH3 is 2. The summed E-state index contributed by atoms with van der Waals surface area (Å²) in [5, 5.41) is 2.77. The lowest BCUT2D eigenvalue weighted by molar-refractivity contribution is -0.116. The third-order valence-electron chi connectivity index (χ3n) is 6.01. The fourth-order valence-electron chi connectivity index (χ4n) is 3.85. The van der Waals surface area contributed by atoms with E-state index in [0.717, 1.165) is 17.2 Å². The van der Waals surface area contributed by atoms with Crippen LogP contribution in [0.4, 0.5) is 14.9 Å². The van der Waals surface area contributed by atoms with Gasteiger partial charge in [0.15, 0.2) is 0 Å². The van der Waals surface area contributed by atoms with Gasteiger partial charge in [-0.2, -0.15) is 0 Å². The summed E-state index contributed by atoms with van der Waals surface area (Å²) in [5.41, 5.74) is 2.12. The maximum absolute atomic E-state index is 14.5. The van der Waals surface area contributed by atoms with E-state index in [1.54, 1.807) is 59.2 Å². The second kappa shape index (κ2) is 14.8. The molecule has 9 nitrogen and oxygen atoms in total. The fraction of sp³-hybridized carbons (Fsp3) is 0.273. The van der Waals surface area contributed by atoms with Crippen LogP contribution in [0.1, 0.15) is 53.4 Å². The Morgan fingerprint density at radius 2 is 1.63 bits per heavy atom. The SMILES string of the molecule is COC(=O)c1cc(F)cc(N=Cc2ccc(CN(C)C(=O)OC(C)(C)C)cc2)c1/C=C/C(=O)NCc1ccc(OC)cc1. The van der Waals surface area contributed by atoms with Crippen molar-refractivity contribution in [2.24, 2.45) is 4.99 Å². The number of carbonyl (C=O) groups is 3. The molecule has 0 aliphatic rings. The highest BCUT2D eigenvalue weighted by Crippen LogP contribution is 2.27. The van der Waals surface area contributed by atoms with Crippen LogP contribution in [0.25, 0.3) is 6.08 Å². The molecule has 1 N–H and O–H groups in total. The monoisotopic (exact) mass is 589 g/mol. The van der Waals surface area contributed by atoms with Gasteiger partial charge in [-0.3, -0.25) is 9.79 Å². The van der Waals surface area contributed by atoms with Gasteiger partial charge < -0.3 is 24.4 Å². The van der Waals surface area contributed by atoms with E-state index in [9.17, 15) is 18.8 Å². The number of rotatable bonds is 10. The molecule has 0 spiro atoms. The molecule has 0 aliphatic heterocycles. The zero-order chi connectivity index (χ0) is 31.6. The van der Waals surface area contributed by atoms with Crippen LogP contribution in [0.3, 0.4) is 0 Å². The summed E-state index contributed by atoms with van der Waals surface area (Å²) < 4.78 is 29.8. The van der Waals surface area contributed by atoms with E-state index in [2.05, 4.69) is 10.3 Å². The number of benzene rings is 3. The molecule has 0 saturated carbocycles. The van der Waals surface area contributed by atoms with Crippen molar-refractivity contribution in [3.05, 3.63) is 100 Å². The summed E-state index contributed by atoms with van der Waals surface area (Å²) >= 11 is 0. The summed E-state index contributed by atoms with van der Waals surface area (Å²) in [4.78, 5) is 43.1. The predicted octanol–water partition coefficient (Wildman–Crippen LogP) is 6.07. The van der Waals surface area contributed by atoms with Crippen LogP contribution < -0.4 is 10.1 Å². The average Bonchev–Trinajstić information content (AvgIpc) is 2.97. The molecule has 0 radical (unpaired) electrons. The van der Waals surface area contributed by atoms with Crippen molar-refractivity contribution < 1.29 is 33.0 Å². The van der Waals surface area contributed by atoms with Crippen LogP contribution in [0, 0.1) is 5.82 Å². The molecule has 43 heavy (non-hydrogen) atoms. The molecule has 0 fully saturated rings. The molecule has 0 unspecified atom stereocenters. The fourth-order valence-corrected chi connectivity index (χ4v) is 3.85. The van der Waals surface area contributed by atoms with E-state index < -0.39 is 29.4 Å². The molecule has 0 heterocycles. The minimum absolute atomic E-state index is 0.0746. The smallest absolute Gasteiger partial charge is 0.410 e. The lowest BCUT2D eigenvalue weighted by Crippen LogP contribution is -2.33. The number of amides is 2. The number of nitrogens with one attached hydrogen (secondary N) is 1. The maximum atomic E-state index is 14.5. The lowest BCUT2D eigenvalue weighted by atomic mass is 10.0. The first-order valence-corrected chi connectivity index (χ1v) is 13.5. The van der Waals surface area contributed by atoms with Gasteiger partial charge in [0.05, 0.1) is 25.5 Å². The molecule has 0 bridgehead atoms. The van der Waals surface area contributed by atoms with E-state index in [1.807, 2.05) is 24.3 Å². The van der Waals surface area contributed by atoms with Gasteiger partial charge >= 0.3 is 12.1 Å². The topological polar surface area (TPSA) is 107 Å². The van der Waals surface area contributed by atoms with E-state index in [-0.39, 0.29) is 23.4 Å². The third kappa shape index (κ3) is 10.1. The van der Waals surface area contributed by atoms with Gasteiger partial charge in [-0.05, 0) is 61.7 Å². The Balaban J connectivity index is 1.77. The highest BCUT2D eigenvalue weighted by molar-refractivity contribution is 5.99. The first-order valence-electron chi connectivity index (χ1n) is 13.5. The molecular formula is C33H36FN3O6. The molecule has 0 aliphatic carbocycles. The second-order valence-corrected chi connectivity index (χ2v) is 10.6. The third-order valence-corrected chi connectivity index (χ3v) is 6.01. The van der Waals surface area contributed by atoms with Gasteiger partial charge in [-0.1, -0.05) is 36.4 Å². The zero-order valence-electron chi connectivity index (χ0n) is 25.1. The average molecular weight is 590 g/mol. The number of hydrogen-bond donors (Lipinski definition) is 1. The minimum atomic E-state index is -0.771. The summed E-state index contributed by atoms with van der Waals surface area (Å²) in [6.07, 6.45) is 3.73. The Kier molecular flexibility index (Phi) is 11.2. The van der Waals surface area contributed by atoms with Crippen LogP contribution >= 0.6 is 0 Å². The Morgan fingerprint density at radius 1 is 0.977 bits per heavy atom. The number of halogens is 1. The zero-order valence-corrected chi connectivity index (χ0v) is 25.1. The molecule has 3 rings (SSSR count). The maximum Gasteiger partial charge on any atom is 0.410 e. The van der Waals surface area contributed by atoms with E-state index in [0.29, 0.717) is 17.9 Å². The Hall–Kier alpha value is -4.99. The van der Waals surface area contributed by atoms with Crippen LogP contribution in [-0.2, 0) is 27.4 Å². The van der Waals surface area contributed by atoms with E-state index in [1.165, 1.54) is 36.4 Å². The minimum Gasteiger partial charge on any atom is -0.497 e. The van der Waals surface area contributed by atoms with Crippen molar-refractivity contribution in [1.29, 1.82) is 0 Å². The molecule has 0 atom stereocenters. The molecule has 10 heteroatoms. The van der Waals surface area contributed by atoms with Gasteiger partial charge in [-0.15, -0.1) is 0 Å². The standard InChI is InChI=1S/C33H36FN3O6/c1-33(2,3)43-32(40)37(4)21-24-9-7-22(8-10-24)19-35-29-18-25(34)17-28(31(39)42-6)27(29)15-16-30(38)36-20-23-11-13-26(41-5)14-12-23/h7-19H,20-21H2,1-6H3,(H,36,38)/b16-15+,35-19?. The number of carbonyl (C=O) groups excluding carboxylic acids is 3. The number of esters is 1. The first-order chi connectivity index (χ1) is 20.4. The van der Waals surface area contributed by atoms with Crippen molar-refractivity contribution in [2.75, 3.05) is 21.3 Å². The quantitative estimate of drug-likeness (QED) is 0.175. The predicted molar refractivity (Wildman–Crippen MR) is 163 cm³/mol. The number of nitrogens with zero attached hydrogens (tertiary/aromatic N) is 2. The molecule has 0 saturated heterocycles. The summed E-state index contributed by atoms with van der Waals surface area (Å²) in [7, 11) is 4.41. The van der Waals surface area contributed by atoms with Gasteiger partial charge in [0.25, 0.3) is 0 Å². The summed E-state index contributed by atoms with van der Waals surface area (Å²) in [5.74, 6) is -1.17. The largest absolute Gasteiger partial charge is 0.497 e. The van der Waals surface area contributed by atoms with Crippen molar-refractivity contribution in [3.63, 3.8) is 0 Å². The molecule has 2 amide bonds. The molecular weight excluding hydrogens is 553 g/mol. The van der Waals surface area contributed by atoms with Crippen molar-refractivity contribution in [2.45, 2.75) is 39.5 Å². The van der Waals surface area contributed by atoms with Gasteiger partial charge in [0, 0.05) is 44.1 Å². The van der Waals surface area contributed by atoms with Crippen LogP contribution in [0.15, 0.2) is 71.7 Å². The van der Waals surface area contributed by atoms with Crippen molar-refractivity contribution >= 4 is 35.9 Å². The highest BCUT2D eigenvalue weighted by Gasteiger charge is 2.20. The lowest BCUT2D eigenvalue weighted by Gasteiger charge is -2.24. The Morgan fingerprint density at radius 3 is 2.23 bits per heavy atom.